The summed E-state index contributed by atoms with van der Waals surface area (Å²) in [7, 11) is 0. The van der Waals surface area contributed by atoms with E-state index in [4.69, 9.17) is 13.7 Å². The van der Waals surface area contributed by atoms with Gasteiger partial charge < -0.3 is 13.7 Å². The number of carbonyl (C=O) groups excluding carboxylic acids is 1. The van der Waals surface area contributed by atoms with Gasteiger partial charge in [-0.3, -0.25) is 10.1 Å². The Balaban J connectivity index is 1.90. The molecule has 2 aromatic heterocycles. The number of nitrogens with one attached hydrogen (secondary N) is 1. The molecule has 0 bridgehead atoms. The zero-order valence-corrected chi connectivity index (χ0v) is 11.7. The second-order valence-electron chi connectivity index (χ2n) is 4.50. The van der Waals surface area contributed by atoms with Crippen molar-refractivity contribution in [1.29, 1.82) is 0 Å². The first-order valence-electron chi connectivity index (χ1n) is 6.57. The van der Waals surface area contributed by atoms with Crippen LogP contribution in [0.25, 0.3) is 11.0 Å². The number of ether oxygens (including phenoxy) is 1. The normalized spacial score (nSPS) is 10.8. The van der Waals surface area contributed by atoms with Crippen molar-refractivity contribution in [1.82, 2.24) is 5.16 Å². The van der Waals surface area contributed by atoms with Gasteiger partial charge in [-0.05, 0) is 26.0 Å². The van der Waals surface area contributed by atoms with Crippen LogP contribution in [-0.2, 0) is 0 Å². The van der Waals surface area contributed by atoms with Crippen molar-refractivity contribution < 1.29 is 18.5 Å². The molecule has 0 saturated carbocycles. The van der Waals surface area contributed by atoms with Gasteiger partial charge in [-0.2, -0.15) is 0 Å². The number of aromatic nitrogens is 1. The van der Waals surface area contributed by atoms with E-state index in [1.807, 2.05) is 19.1 Å². The van der Waals surface area contributed by atoms with Crippen LogP contribution in [0.3, 0.4) is 0 Å². The number of hydrogen-bond acceptors (Lipinski definition) is 5. The number of benzene rings is 1. The summed E-state index contributed by atoms with van der Waals surface area (Å²) >= 11 is 0. The number of fused-ring (bicyclic) bond motifs is 1. The second kappa shape index (κ2) is 5.32. The smallest absolute Gasteiger partial charge is 0.293 e. The Morgan fingerprint density at radius 3 is 2.95 bits per heavy atom. The van der Waals surface area contributed by atoms with Crippen LogP contribution in [0.2, 0.25) is 0 Å². The summed E-state index contributed by atoms with van der Waals surface area (Å²) < 4.78 is 16.0. The predicted molar refractivity (Wildman–Crippen MR) is 76.6 cm³/mol. The summed E-state index contributed by atoms with van der Waals surface area (Å²) in [6, 6.07) is 8.81. The van der Waals surface area contributed by atoms with Gasteiger partial charge in [-0.25, -0.2) is 0 Å². The molecular formula is C15H14N2O4. The molecule has 0 aliphatic carbocycles. The zero-order valence-electron chi connectivity index (χ0n) is 11.7. The SMILES string of the molecule is CCOc1cccc2cc(C(=O)Nc3cc(C)no3)oc12. The molecule has 0 spiro atoms. The number of carbonyl (C=O) groups is 1. The number of nitrogens with zero attached hydrogens (tertiary/aromatic N) is 1. The van der Waals surface area contributed by atoms with Gasteiger partial charge in [0.15, 0.2) is 17.1 Å². The number of para-hydroxylation sites is 1. The Morgan fingerprint density at radius 1 is 1.38 bits per heavy atom. The van der Waals surface area contributed by atoms with Crippen molar-refractivity contribution in [2.75, 3.05) is 11.9 Å². The third kappa shape index (κ3) is 2.60. The van der Waals surface area contributed by atoms with Crippen molar-refractivity contribution in [2.24, 2.45) is 0 Å². The van der Waals surface area contributed by atoms with Crippen LogP contribution >= 0.6 is 0 Å². The molecule has 0 atom stereocenters. The molecule has 2 heterocycles. The first kappa shape index (κ1) is 13.2. The van der Waals surface area contributed by atoms with Gasteiger partial charge in [-0.15, -0.1) is 0 Å². The maximum absolute atomic E-state index is 12.1. The molecule has 6 heteroatoms. The van der Waals surface area contributed by atoms with Crippen molar-refractivity contribution in [3.8, 4) is 5.75 Å². The minimum absolute atomic E-state index is 0.186. The van der Waals surface area contributed by atoms with Crippen LogP contribution in [0.4, 0.5) is 5.88 Å². The fourth-order valence-corrected chi connectivity index (χ4v) is 2.01. The third-order valence-corrected chi connectivity index (χ3v) is 2.90. The fourth-order valence-electron chi connectivity index (χ4n) is 2.01. The molecule has 0 fully saturated rings. The maximum Gasteiger partial charge on any atom is 0.293 e. The van der Waals surface area contributed by atoms with Crippen molar-refractivity contribution in [3.63, 3.8) is 0 Å². The molecule has 1 aromatic carbocycles. The van der Waals surface area contributed by atoms with Crippen LogP contribution < -0.4 is 10.1 Å². The van der Waals surface area contributed by atoms with Crippen LogP contribution in [-0.4, -0.2) is 17.7 Å². The number of amides is 1. The van der Waals surface area contributed by atoms with Gasteiger partial charge in [0, 0.05) is 11.5 Å². The Morgan fingerprint density at radius 2 is 2.24 bits per heavy atom. The fraction of sp³-hybridized carbons (Fsp3) is 0.200. The number of furan rings is 1. The first-order valence-corrected chi connectivity index (χ1v) is 6.57. The monoisotopic (exact) mass is 286 g/mol. The van der Waals surface area contributed by atoms with E-state index in [1.54, 1.807) is 25.1 Å². The second-order valence-corrected chi connectivity index (χ2v) is 4.50. The van der Waals surface area contributed by atoms with Gasteiger partial charge in [-0.1, -0.05) is 17.3 Å². The molecule has 0 aliphatic heterocycles. The molecule has 6 nitrogen and oxygen atoms in total. The van der Waals surface area contributed by atoms with Crippen molar-refractivity contribution >= 4 is 22.8 Å². The zero-order chi connectivity index (χ0) is 14.8. The highest BCUT2D eigenvalue weighted by Crippen LogP contribution is 2.29. The first-order chi connectivity index (χ1) is 10.2. The van der Waals surface area contributed by atoms with E-state index in [2.05, 4.69) is 10.5 Å². The van der Waals surface area contributed by atoms with Crippen LogP contribution in [0.15, 0.2) is 39.3 Å². The molecular weight excluding hydrogens is 272 g/mol. The predicted octanol–water partition coefficient (Wildman–Crippen LogP) is 3.38. The van der Waals surface area contributed by atoms with E-state index in [1.165, 1.54) is 0 Å². The van der Waals surface area contributed by atoms with Gasteiger partial charge in [0.25, 0.3) is 5.91 Å². The Hall–Kier alpha value is -2.76. The summed E-state index contributed by atoms with van der Waals surface area (Å²) in [4.78, 5) is 12.1. The molecule has 21 heavy (non-hydrogen) atoms. The molecule has 0 unspecified atom stereocenters. The van der Waals surface area contributed by atoms with E-state index in [0.29, 0.717) is 23.6 Å². The largest absolute Gasteiger partial charge is 0.490 e. The average molecular weight is 286 g/mol. The van der Waals surface area contributed by atoms with Crippen molar-refractivity contribution in [3.05, 3.63) is 41.8 Å². The van der Waals surface area contributed by atoms with Crippen LogP contribution in [0, 0.1) is 6.92 Å². The molecule has 0 saturated heterocycles. The minimum Gasteiger partial charge on any atom is -0.490 e. The lowest BCUT2D eigenvalue weighted by atomic mass is 10.2. The van der Waals surface area contributed by atoms with E-state index < -0.39 is 5.91 Å². The molecule has 108 valence electrons. The molecule has 0 radical (unpaired) electrons. The minimum atomic E-state index is -0.398. The summed E-state index contributed by atoms with van der Waals surface area (Å²) in [5, 5.41) is 7.10. The average Bonchev–Trinajstić information content (AvgIpc) is 3.06. The van der Waals surface area contributed by atoms with Gasteiger partial charge in [0.1, 0.15) is 0 Å². The van der Waals surface area contributed by atoms with Crippen LogP contribution in [0.1, 0.15) is 23.2 Å². The van der Waals surface area contributed by atoms with E-state index in [9.17, 15) is 4.79 Å². The molecule has 0 aliphatic rings. The summed E-state index contributed by atoms with van der Waals surface area (Å²) in [5.41, 5.74) is 1.24. The molecule has 1 N–H and O–H groups in total. The molecule has 3 aromatic rings. The highest BCUT2D eigenvalue weighted by Gasteiger charge is 2.16. The standard InChI is InChI=1S/C15H14N2O4/c1-3-19-11-6-4-5-10-8-12(20-14(10)11)15(18)16-13-7-9(2)17-21-13/h4-8H,3H2,1-2H3,(H,16,18). The number of hydrogen-bond donors (Lipinski definition) is 1. The highest BCUT2D eigenvalue weighted by atomic mass is 16.5. The van der Waals surface area contributed by atoms with E-state index in [0.717, 1.165) is 5.39 Å². The lowest BCUT2D eigenvalue weighted by molar-refractivity contribution is 0.0995. The summed E-state index contributed by atoms with van der Waals surface area (Å²) in [6.45, 7) is 4.19. The van der Waals surface area contributed by atoms with E-state index >= 15 is 0 Å². The van der Waals surface area contributed by atoms with Crippen molar-refractivity contribution in [2.45, 2.75) is 13.8 Å². The van der Waals surface area contributed by atoms with Gasteiger partial charge in [0.05, 0.1) is 12.3 Å². The Labute approximate surface area is 120 Å². The quantitative estimate of drug-likeness (QED) is 0.795. The summed E-state index contributed by atoms with van der Waals surface area (Å²) in [6.07, 6.45) is 0. The van der Waals surface area contributed by atoms with Gasteiger partial charge >= 0.3 is 0 Å². The Kier molecular flexibility index (Phi) is 3.35. The van der Waals surface area contributed by atoms with Gasteiger partial charge in [0.2, 0.25) is 5.88 Å². The number of rotatable bonds is 4. The Bertz CT molecular complexity index is 788. The third-order valence-electron chi connectivity index (χ3n) is 2.90. The summed E-state index contributed by atoms with van der Waals surface area (Å²) in [5.74, 6) is 0.684. The number of anilines is 1. The lowest BCUT2D eigenvalue weighted by Crippen LogP contribution is -2.09. The molecule has 3 rings (SSSR count). The van der Waals surface area contributed by atoms with Crippen LogP contribution in [0.5, 0.6) is 5.75 Å². The number of aryl methyl sites for hydroxylation is 1. The topological polar surface area (TPSA) is 77.5 Å². The maximum atomic E-state index is 12.1. The van der Waals surface area contributed by atoms with E-state index in [-0.39, 0.29) is 11.6 Å². The highest BCUT2D eigenvalue weighted by molar-refractivity contribution is 6.04. The molecule has 1 amide bonds. The lowest BCUT2D eigenvalue weighted by Gasteiger charge is -2.02.